The van der Waals surface area contributed by atoms with Crippen LogP contribution in [0.5, 0.6) is 0 Å². The molecule has 0 saturated heterocycles. The summed E-state index contributed by atoms with van der Waals surface area (Å²) in [5, 5.41) is 7.14. The lowest BCUT2D eigenvalue weighted by Gasteiger charge is -2.16. The van der Waals surface area contributed by atoms with Gasteiger partial charge in [0.15, 0.2) is 0 Å². The molecule has 0 spiro atoms. The number of hydrogen-bond donors (Lipinski definition) is 2. The van der Waals surface area contributed by atoms with Crippen molar-refractivity contribution < 1.29 is 0 Å². The molecule has 0 saturated carbocycles. The predicted octanol–water partition coefficient (Wildman–Crippen LogP) is 7.28. The Kier molecular flexibility index (Phi) is 10.5. The molecule has 1 unspecified atom stereocenters. The number of nitrogens with one attached hydrogen (secondary N) is 2. The minimum atomic E-state index is 0.539. The molecular formula is C25H38N2. The maximum Gasteiger partial charge on any atom is 0.0343 e. The third-order valence-corrected chi connectivity index (χ3v) is 5.12. The van der Waals surface area contributed by atoms with Crippen LogP contribution in [0.1, 0.15) is 70.8 Å². The third-order valence-electron chi connectivity index (χ3n) is 5.12. The maximum absolute atomic E-state index is 3.63. The lowest BCUT2D eigenvalue weighted by molar-refractivity contribution is 0.558. The Morgan fingerprint density at radius 2 is 1.37 bits per heavy atom. The Morgan fingerprint density at radius 3 is 2.07 bits per heavy atom. The van der Waals surface area contributed by atoms with Crippen molar-refractivity contribution in [3.63, 3.8) is 0 Å². The van der Waals surface area contributed by atoms with Gasteiger partial charge in [-0.05, 0) is 49.6 Å². The van der Waals surface area contributed by atoms with Gasteiger partial charge in [0.1, 0.15) is 0 Å². The van der Waals surface area contributed by atoms with Crippen molar-refractivity contribution in [3.8, 4) is 0 Å². The summed E-state index contributed by atoms with van der Waals surface area (Å²) in [4.78, 5) is 0. The second kappa shape index (κ2) is 13.2. The van der Waals surface area contributed by atoms with E-state index < -0.39 is 0 Å². The number of rotatable bonds is 14. The zero-order valence-electron chi connectivity index (χ0n) is 17.3. The van der Waals surface area contributed by atoms with E-state index in [9.17, 15) is 0 Å². The van der Waals surface area contributed by atoms with Crippen LogP contribution >= 0.6 is 0 Å². The Labute approximate surface area is 166 Å². The molecular weight excluding hydrogens is 328 g/mol. The molecule has 2 nitrogen and oxygen atoms in total. The molecule has 0 heterocycles. The van der Waals surface area contributed by atoms with Crippen LogP contribution in [0.2, 0.25) is 0 Å². The average Bonchev–Trinajstić information content (AvgIpc) is 2.69. The molecule has 0 aliphatic rings. The van der Waals surface area contributed by atoms with Crippen LogP contribution in [0.3, 0.4) is 0 Å². The standard InChI is InChI=1S/C25H38N2/c1-3-4-5-6-7-8-10-13-22(2)27-25-18-16-24(17-19-25)26-21-20-23-14-11-9-12-15-23/h9,11-12,14-19,22,26-27H,3-8,10,13,20-21H2,1-2H3. The fourth-order valence-electron chi connectivity index (χ4n) is 3.44. The van der Waals surface area contributed by atoms with Gasteiger partial charge in [0.25, 0.3) is 0 Å². The van der Waals surface area contributed by atoms with Crippen LogP contribution in [0, 0.1) is 0 Å². The molecule has 1 atom stereocenters. The molecule has 0 radical (unpaired) electrons. The fraction of sp³-hybridized carbons (Fsp3) is 0.520. The summed E-state index contributed by atoms with van der Waals surface area (Å²) in [5.41, 5.74) is 3.79. The highest BCUT2D eigenvalue weighted by molar-refractivity contribution is 5.54. The molecule has 2 rings (SSSR count). The highest BCUT2D eigenvalue weighted by atomic mass is 14.9. The normalized spacial score (nSPS) is 11.9. The number of benzene rings is 2. The topological polar surface area (TPSA) is 24.1 Å². The fourth-order valence-corrected chi connectivity index (χ4v) is 3.44. The van der Waals surface area contributed by atoms with E-state index in [0.717, 1.165) is 13.0 Å². The summed E-state index contributed by atoms with van der Waals surface area (Å²) in [6.45, 7) is 5.54. The molecule has 2 aromatic rings. The van der Waals surface area contributed by atoms with E-state index in [0.29, 0.717) is 6.04 Å². The second-order valence-corrected chi connectivity index (χ2v) is 7.70. The van der Waals surface area contributed by atoms with Gasteiger partial charge in [-0.25, -0.2) is 0 Å². The smallest absolute Gasteiger partial charge is 0.0343 e. The van der Waals surface area contributed by atoms with Crippen LogP contribution in [0.15, 0.2) is 54.6 Å². The van der Waals surface area contributed by atoms with E-state index in [1.807, 2.05) is 0 Å². The molecule has 148 valence electrons. The van der Waals surface area contributed by atoms with E-state index >= 15 is 0 Å². The second-order valence-electron chi connectivity index (χ2n) is 7.70. The van der Waals surface area contributed by atoms with Crippen molar-refractivity contribution in [2.24, 2.45) is 0 Å². The van der Waals surface area contributed by atoms with E-state index in [2.05, 4.69) is 79.1 Å². The van der Waals surface area contributed by atoms with E-state index in [4.69, 9.17) is 0 Å². The van der Waals surface area contributed by atoms with Crippen molar-refractivity contribution in [3.05, 3.63) is 60.2 Å². The largest absolute Gasteiger partial charge is 0.385 e. The maximum atomic E-state index is 3.63. The first-order valence-corrected chi connectivity index (χ1v) is 10.9. The molecule has 0 aliphatic heterocycles. The lowest BCUT2D eigenvalue weighted by atomic mass is 10.1. The molecule has 0 bridgehead atoms. The SMILES string of the molecule is CCCCCCCCCC(C)Nc1ccc(NCCc2ccccc2)cc1. The Hall–Kier alpha value is -1.96. The van der Waals surface area contributed by atoms with E-state index in [-0.39, 0.29) is 0 Å². The highest BCUT2D eigenvalue weighted by Crippen LogP contribution is 2.17. The molecule has 2 aromatic carbocycles. The van der Waals surface area contributed by atoms with Crippen molar-refractivity contribution in [2.45, 2.75) is 77.7 Å². The molecule has 2 heteroatoms. The third kappa shape index (κ3) is 9.51. The van der Waals surface area contributed by atoms with Gasteiger partial charge in [0.2, 0.25) is 0 Å². The summed E-state index contributed by atoms with van der Waals surface area (Å²) in [7, 11) is 0. The molecule has 0 amide bonds. The van der Waals surface area contributed by atoms with Crippen LogP contribution in [0.4, 0.5) is 11.4 Å². The zero-order chi connectivity index (χ0) is 19.2. The van der Waals surface area contributed by atoms with Gasteiger partial charge in [0, 0.05) is 24.0 Å². The zero-order valence-corrected chi connectivity index (χ0v) is 17.3. The van der Waals surface area contributed by atoms with Gasteiger partial charge in [-0.2, -0.15) is 0 Å². The quantitative estimate of drug-likeness (QED) is 0.343. The van der Waals surface area contributed by atoms with Gasteiger partial charge in [-0.15, -0.1) is 0 Å². The van der Waals surface area contributed by atoms with Crippen LogP contribution < -0.4 is 10.6 Å². The minimum absolute atomic E-state index is 0.539. The first-order valence-electron chi connectivity index (χ1n) is 10.9. The summed E-state index contributed by atoms with van der Waals surface area (Å²) in [5.74, 6) is 0. The summed E-state index contributed by atoms with van der Waals surface area (Å²) in [6.07, 6.45) is 12.0. The van der Waals surface area contributed by atoms with Crippen molar-refractivity contribution in [1.82, 2.24) is 0 Å². The van der Waals surface area contributed by atoms with Gasteiger partial charge < -0.3 is 10.6 Å². The summed E-state index contributed by atoms with van der Waals surface area (Å²) < 4.78 is 0. The van der Waals surface area contributed by atoms with Gasteiger partial charge in [-0.1, -0.05) is 82.2 Å². The number of unbranched alkanes of at least 4 members (excludes halogenated alkanes) is 6. The molecule has 0 fully saturated rings. The van der Waals surface area contributed by atoms with E-state index in [1.165, 1.54) is 68.3 Å². The minimum Gasteiger partial charge on any atom is -0.385 e. The Bertz CT molecular complexity index is 591. The van der Waals surface area contributed by atoms with Crippen LogP contribution in [0.25, 0.3) is 0 Å². The summed E-state index contributed by atoms with van der Waals surface area (Å²) >= 11 is 0. The molecule has 2 N–H and O–H groups in total. The Morgan fingerprint density at radius 1 is 0.741 bits per heavy atom. The van der Waals surface area contributed by atoms with Gasteiger partial charge in [0.05, 0.1) is 0 Å². The van der Waals surface area contributed by atoms with Gasteiger partial charge >= 0.3 is 0 Å². The molecule has 27 heavy (non-hydrogen) atoms. The average molecular weight is 367 g/mol. The van der Waals surface area contributed by atoms with Crippen molar-refractivity contribution in [1.29, 1.82) is 0 Å². The summed E-state index contributed by atoms with van der Waals surface area (Å²) in [6, 6.07) is 19.9. The van der Waals surface area contributed by atoms with Gasteiger partial charge in [-0.3, -0.25) is 0 Å². The highest BCUT2D eigenvalue weighted by Gasteiger charge is 2.02. The van der Waals surface area contributed by atoms with Crippen LogP contribution in [-0.2, 0) is 6.42 Å². The Balaban J connectivity index is 1.58. The predicted molar refractivity (Wildman–Crippen MR) is 121 cm³/mol. The monoisotopic (exact) mass is 366 g/mol. The molecule has 0 aliphatic carbocycles. The van der Waals surface area contributed by atoms with Crippen molar-refractivity contribution in [2.75, 3.05) is 17.2 Å². The number of anilines is 2. The first kappa shape index (κ1) is 21.3. The molecule has 0 aromatic heterocycles. The van der Waals surface area contributed by atoms with Crippen LogP contribution in [-0.4, -0.2) is 12.6 Å². The van der Waals surface area contributed by atoms with Crippen molar-refractivity contribution >= 4 is 11.4 Å². The first-order chi connectivity index (χ1) is 13.3. The number of hydrogen-bond acceptors (Lipinski definition) is 2. The lowest BCUT2D eigenvalue weighted by Crippen LogP contribution is -2.14. The van der Waals surface area contributed by atoms with E-state index in [1.54, 1.807) is 0 Å².